The zero-order valence-corrected chi connectivity index (χ0v) is 17.1. The molecule has 6 heteroatoms. The van der Waals surface area contributed by atoms with Crippen LogP contribution in [0.4, 0.5) is 4.39 Å². The fraction of sp³-hybridized carbons (Fsp3) is 0.435. The number of morpholine rings is 1. The Morgan fingerprint density at radius 1 is 1.17 bits per heavy atom. The molecule has 156 valence electrons. The molecule has 1 fully saturated rings. The van der Waals surface area contributed by atoms with Crippen LogP contribution < -0.4 is 10.1 Å². The lowest BCUT2D eigenvalue weighted by atomic mass is 10.2. The molecule has 5 nitrogen and oxygen atoms in total. The van der Waals surface area contributed by atoms with Crippen molar-refractivity contribution in [2.75, 3.05) is 26.2 Å². The van der Waals surface area contributed by atoms with E-state index in [-0.39, 0.29) is 23.9 Å². The van der Waals surface area contributed by atoms with Gasteiger partial charge in [0.1, 0.15) is 18.2 Å². The molecule has 0 radical (unpaired) electrons. The van der Waals surface area contributed by atoms with Crippen molar-refractivity contribution in [3.63, 3.8) is 0 Å². The summed E-state index contributed by atoms with van der Waals surface area (Å²) in [5.74, 6) is 0.226. The molecule has 3 rings (SSSR count). The Morgan fingerprint density at radius 2 is 1.90 bits per heavy atom. The third-order valence-electron chi connectivity index (χ3n) is 4.85. The number of carbonyl (C=O) groups is 1. The van der Waals surface area contributed by atoms with Crippen LogP contribution in [0, 0.1) is 5.82 Å². The van der Waals surface area contributed by atoms with Crippen LogP contribution in [0.15, 0.2) is 48.5 Å². The number of nitrogens with zero attached hydrogens (tertiary/aromatic N) is 1. The number of ether oxygens (including phenoxy) is 2. The summed E-state index contributed by atoms with van der Waals surface area (Å²) in [6.45, 7) is 7.95. The highest BCUT2D eigenvalue weighted by Gasteiger charge is 2.21. The zero-order chi connectivity index (χ0) is 20.6. The van der Waals surface area contributed by atoms with E-state index in [0.717, 1.165) is 31.6 Å². The lowest BCUT2D eigenvalue weighted by Gasteiger charge is -2.35. The summed E-state index contributed by atoms with van der Waals surface area (Å²) in [7, 11) is 0. The van der Waals surface area contributed by atoms with E-state index in [9.17, 15) is 9.18 Å². The van der Waals surface area contributed by atoms with E-state index in [1.165, 1.54) is 12.1 Å². The Morgan fingerprint density at radius 3 is 2.62 bits per heavy atom. The number of amides is 1. The molecule has 0 aromatic heterocycles. The van der Waals surface area contributed by atoms with Gasteiger partial charge in [0.25, 0.3) is 5.91 Å². The molecule has 2 aromatic carbocycles. The Hall–Kier alpha value is -2.44. The molecule has 1 aliphatic rings. The van der Waals surface area contributed by atoms with Gasteiger partial charge in [-0.1, -0.05) is 18.2 Å². The number of carbonyl (C=O) groups excluding carboxylic acids is 1. The third kappa shape index (κ3) is 6.84. The number of benzene rings is 2. The number of nitrogens with one attached hydrogen (secondary N) is 1. The first-order valence-electron chi connectivity index (χ1n) is 10.1. The molecule has 29 heavy (non-hydrogen) atoms. The first-order chi connectivity index (χ1) is 14.0. The van der Waals surface area contributed by atoms with Gasteiger partial charge in [-0.05, 0) is 56.2 Å². The minimum absolute atomic E-state index is 0.110. The maximum Gasteiger partial charge on any atom is 0.251 e. The third-order valence-corrected chi connectivity index (χ3v) is 4.85. The largest absolute Gasteiger partial charge is 0.489 e. The van der Waals surface area contributed by atoms with Crippen molar-refractivity contribution in [2.45, 2.75) is 39.1 Å². The number of hydrogen-bond donors (Lipinski definition) is 1. The van der Waals surface area contributed by atoms with E-state index >= 15 is 0 Å². The fourth-order valence-electron chi connectivity index (χ4n) is 3.55. The van der Waals surface area contributed by atoms with Crippen LogP contribution in [-0.4, -0.2) is 49.2 Å². The highest BCUT2D eigenvalue weighted by molar-refractivity contribution is 5.94. The maximum atomic E-state index is 13.0. The molecule has 1 aliphatic heterocycles. The van der Waals surface area contributed by atoms with Crippen LogP contribution in [0.3, 0.4) is 0 Å². The fourth-order valence-corrected chi connectivity index (χ4v) is 3.55. The van der Waals surface area contributed by atoms with E-state index in [4.69, 9.17) is 9.47 Å². The van der Waals surface area contributed by atoms with Gasteiger partial charge in [-0.25, -0.2) is 4.39 Å². The van der Waals surface area contributed by atoms with Crippen LogP contribution in [0.2, 0.25) is 0 Å². The molecule has 1 amide bonds. The number of halogens is 1. The monoisotopic (exact) mass is 400 g/mol. The minimum atomic E-state index is -0.273. The summed E-state index contributed by atoms with van der Waals surface area (Å²) >= 11 is 0. The molecule has 0 aliphatic carbocycles. The normalized spacial score (nSPS) is 19.7. The highest BCUT2D eigenvalue weighted by atomic mass is 19.1. The lowest BCUT2D eigenvalue weighted by Crippen LogP contribution is -2.46. The van der Waals surface area contributed by atoms with Gasteiger partial charge >= 0.3 is 0 Å². The SMILES string of the molecule is CC1CN(CCCNC(=O)c2cccc(OCc3ccc(F)cc3)c2)CC(C)O1. The van der Waals surface area contributed by atoms with Gasteiger partial charge in [0.2, 0.25) is 0 Å². The van der Waals surface area contributed by atoms with Crippen molar-refractivity contribution in [3.8, 4) is 5.75 Å². The average Bonchev–Trinajstić information content (AvgIpc) is 2.70. The Bertz CT molecular complexity index is 787. The standard InChI is InChI=1S/C23H29FN2O3/c1-17-14-26(15-18(2)29-17)12-4-11-25-23(27)20-5-3-6-22(13-20)28-16-19-7-9-21(24)10-8-19/h3,5-10,13,17-18H,4,11-12,14-16H2,1-2H3,(H,25,27). The maximum absolute atomic E-state index is 13.0. The molecular weight excluding hydrogens is 371 g/mol. The summed E-state index contributed by atoms with van der Waals surface area (Å²) in [6, 6.07) is 13.3. The summed E-state index contributed by atoms with van der Waals surface area (Å²) in [5.41, 5.74) is 1.43. The van der Waals surface area contributed by atoms with Crippen LogP contribution in [0.1, 0.15) is 36.2 Å². The predicted octanol–water partition coefficient (Wildman–Crippen LogP) is 3.63. The van der Waals surface area contributed by atoms with Gasteiger partial charge in [-0.2, -0.15) is 0 Å². The van der Waals surface area contributed by atoms with Crippen molar-refractivity contribution < 1.29 is 18.7 Å². The van der Waals surface area contributed by atoms with Gasteiger partial charge in [0.05, 0.1) is 12.2 Å². The van der Waals surface area contributed by atoms with Crippen molar-refractivity contribution in [1.82, 2.24) is 10.2 Å². The van der Waals surface area contributed by atoms with Gasteiger partial charge < -0.3 is 14.8 Å². The molecule has 0 spiro atoms. The quantitative estimate of drug-likeness (QED) is 0.688. The summed E-state index contributed by atoms with van der Waals surface area (Å²) in [4.78, 5) is 14.8. The predicted molar refractivity (Wildman–Crippen MR) is 111 cm³/mol. The van der Waals surface area contributed by atoms with E-state index in [2.05, 4.69) is 24.1 Å². The minimum Gasteiger partial charge on any atom is -0.489 e. The molecule has 1 N–H and O–H groups in total. The topological polar surface area (TPSA) is 50.8 Å². The van der Waals surface area contributed by atoms with Crippen LogP contribution in [0.25, 0.3) is 0 Å². The molecule has 1 heterocycles. The second kappa shape index (κ2) is 10.4. The first-order valence-corrected chi connectivity index (χ1v) is 10.1. The van der Waals surface area contributed by atoms with Gasteiger partial charge in [-0.15, -0.1) is 0 Å². The van der Waals surface area contributed by atoms with Crippen molar-refractivity contribution in [1.29, 1.82) is 0 Å². The number of rotatable bonds is 8. The second-order valence-corrected chi connectivity index (χ2v) is 7.57. The summed E-state index contributed by atoms with van der Waals surface area (Å²) in [6.07, 6.45) is 1.41. The Labute approximate surface area is 171 Å². The van der Waals surface area contributed by atoms with Crippen molar-refractivity contribution in [3.05, 3.63) is 65.5 Å². The Balaban J connectivity index is 1.42. The summed E-state index contributed by atoms with van der Waals surface area (Å²) in [5, 5.41) is 2.97. The molecule has 2 unspecified atom stereocenters. The smallest absolute Gasteiger partial charge is 0.251 e. The van der Waals surface area contributed by atoms with Crippen molar-refractivity contribution >= 4 is 5.91 Å². The lowest BCUT2D eigenvalue weighted by molar-refractivity contribution is -0.0679. The molecule has 0 saturated carbocycles. The molecule has 2 aromatic rings. The van der Waals surface area contributed by atoms with Crippen LogP contribution in [0.5, 0.6) is 5.75 Å². The van der Waals surface area contributed by atoms with Crippen molar-refractivity contribution in [2.24, 2.45) is 0 Å². The van der Waals surface area contributed by atoms with E-state index in [1.54, 1.807) is 36.4 Å². The molecule has 2 atom stereocenters. The van der Waals surface area contributed by atoms with E-state index < -0.39 is 0 Å². The van der Waals surface area contributed by atoms with Gasteiger partial charge in [0, 0.05) is 31.7 Å². The van der Waals surface area contributed by atoms with E-state index in [1.807, 2.05) is 0 Å². The molecular formula is C23H29FN2O3. The first kappa shape index (κ1) is 21.3. The molecule has 0 bridgehead atoms. The zero-order valence-electron chi connectivity index (χ0n) is 17.1. The van der Waals surface area contributed by atoms with Gasteiger partial charge in [-0.3, -0.25) is 9.69 Å². The second-order valence-electron chi connectivity index (χ2n) is 7.57. The summed E-state index contributed by atoms with van der Waals surface area (Å²) < 4.78 is 24.4. The highest BCUT2D eigenvalue weighted by Crippen LogP contribution is 2.16. The Kier molecular flexibility index (Phi) is 7.61. The number of hydrogen-bond acceptors (Lipinski definition) is 4. The van der Waals surface area contributed by atoms with E-state index in [0.29, 0.717) is 24.5 Å². The van der Waals surface area contributed by atoms with Gasteiger partial charge in [0.15, 0.2) is 0 Å². The van der Waals surface area contributed by atoms with Crippen LogP contribution in [-0.2, 0) is 11.3 Å². The molecule has 1 saturated heterocycles. The van der Waals surface area contributed by atoms with Crippen LogP contribution >= 0.6 is 0 Å². The average molecular weight is 400 g/mol.